The molecule has 1 aromatic carbocycles. The zero-order valence-electron chi connectivity index (χ0n) is 14.7. The molecule has 1 amide bonds. The van der Waals surface area contributed by atoms with Crippen molar-refractivity contribution < 1.29 is 9.18 Å². The zero-order chi connectivity index (χ0) is 18.1. The van der Waals surface area contributed by atoms with Gasteiger partial charge in [-0.15, -0.1) is 0 Å². The van der Waals surface area contributed by atoms with Crippen LogP contribution in [0.5, 0.6) is 0 Å². The Bertz CT molecular complexity index is 944. The summed E-state index contributed by atoms with van der Waals surface area (Å²) in [5, 5.41) is 4.99. The summed E-state index contributed by atoms with van der Waals surface area (Å²) in [6.07, 6.45) is 7.43. The van der Waals surface area contributed by atoms with Crippen LogP contribution in [0.1, 0.15) is 41.6 Å². The maximum Gasteiger partial charge on any atom is 0.256 e. The van der Waals surface area contributed by atoms with Crippen LogP contribution in [0.25, 0.3) is 10.9 Å². The van der Waals surface area contributed by atoms with Crippen molar-refractivity contribution in [1.82, 2.24) is 19.7 Å². The van der Waals surface area contributed by atoms with Crippen molar-refractivity contribution in [3.63, 3.8) is 0 Å². The molecule has 1 fully saturated rings. The molecular weight excluding hydrogens is 331 g/mol. The predicted molar refractivity (Wildman–Crippen MR) is 97.5 cm³/mol. The van der Waals surface area contributed by atoms with Gasteiger partial charge in [-0.25, -0.2) is 4.39 Å². The molecule has 6 heteroatoms. The Hall–Kier alpha value is -2.76. The molecule has 0 radical (unpaired) electrons. The van der Waals surface area contributed by atoms with Crippen LogP contribution in [0.15, 0.2) is 42.9 Å². The molecule has 26 heavy (non-hydrogen) atoms. The Morgan fingerprint density at radius 2 is 2.12 bits per heavy atom. The summed E-state index contributed by atoms with van der Waals surface area (Å²) in [6.45, 7) is 4.24. The molecule has 1 saturated heterocycles. The fourth-order valence-electron chi connectivity index (χ4n) is 3.67. The van der Waals surface area contributed by atoms with E-state index in [4.69, 9.17) is 0 Å². The first-order valence-corrected chi connectivity index (χ1v) is 9.01. The normalized spacial score (nSPS) is 15.5. The highest BCUT2D eigenvalue weighted by Crippen LogP contribution is 2.29. The van der Waals surface area contributed by atoms with Gasteiger partial charge in [0, 0.05) is 37.4 Å². The summed E-state index contributed by atoms with van der Waals surface area (Å²) in [4.78, 5) is 19.1. The number of rotatable bonds is 3. The number of carbonyl (C=O) groups excluding carboxylic acids is 1. The summed E-state index contributed by atoms with van der Waals surface area (Å²) < 4.78 is 15.9. The van der Waals surface area contributed by atoms with Crippen molar-refractivity contribution in [2.45, 2.75) is 32.2 Å². The SMILES string of the molecule is CCn1cc(C2CCN(C(=O)c3cc(F)cc4cccnc34)CC2)cn1. The second-order valence-corrected chi connectivity index (χ2v) is 6.72. The van der Waals surface area contributed by atoms with Crippen LogP contribution in [-0.4, -0.2) is 38.7 Å². The molecule has 0 aliphatic carbocycles. The van der Waals surface area contributed by atoms with Crippen molar-refractivity contribution >= 4 is 16.8 Å². The third kappa shape index (κ3) is 3.07. The van der Waals surface area contributed by atoms with Crippen molar-refractivity contribution in [1.29, 1.82) is 0 Å². The van der Waals surface area contributed by atoms with E-state index in [9.17, 15) is 9.18 Å². The van der Waals surface area contributed by atoms with Crippen LogP contribution in [0.4, 0.5) is 4.39 Å². The quantitative estimate of drug-likeness (QED) is 0.723. The molecule has 134 valence electrons. The molecule has 0 unspecified atom stereocenters. The van der Waals surface area contributed by atoms with Crippen LogP contribution in [-0.2, 0) is 6.54 Å². The Morgan fingerprint density at radius 3 is 2.85 bits per heavy atom. The van der Waals surface area contributed by atoms with Gasteiger partial charge >= 0.3 is 0 Å². The van der Waals surface area contributed by atoms with Gasteiger partial charge in [-0.2, -0.15) is 5.10 Å². The van der Waals surface area contributed by atoms with Crippen LogP contribution in [0.3, 0.4) is 0 Å². The minimum Gasteiger partial charge on any atom is -0.339 e. The van der Waals surface area contributed by atoms with Crippen LogP contribution < -0.4 is 0 Å². The number of pyridine rings is 1. The van der Waals surface area contributed by atoms with Gasteiger partial charge in [-0.05, 0) is 49.4 Å². The Labute approximate surface area is 151 Å². The lowest BCUT2D eigenvalue weighted by atomic mass is 9.91. The molecule has 3 aromatic rings. The van der Waals surface area contributed by atoms with E-state index in [0.717, 1.165) is 19.4 Å². The predicted octanol–water partition coefficient (Wildman–Crippen LogP) is 3.61. The lowest BCUT2D eigenvalue weighted by molar-refractivity contribution is 0.0714. The first-order valence-electron chi connectivity index (χ1n) is 9.01. The fraction of sp³-hybridized carbons (Fsp3) is 0.350. The highest BCUT2D eigenvalue weighted by molar-refractivity contribution is 6.05. The van der Waals surface area contributed by atoms with Gasteiger partial charge in [-0.1, -0.05) is 6.07 Å². The average molecular weight is 352 g/mol. The number of aromatic nitrogens is 3. The van der Waals surface area contributed by atoms with E-state index in [0.29, 0.717) is 35.5 Å². The second-order valence-electron chi connectivity index (χ2n) is 6.72. The minimum absolute atomic E-state index is 0.143. The third-order valence-electron chi connectivity index (χ3n) is 5.13. The van der Waals surface area contributed by atoms with Crippen LogP contribution >= 0.6 is 0 Å². The Balaban J connectivity index is 1.52. The smallest absolute Gasteiger partial charge is 0.256 e. The molecule has 2 aromatic heterocycles. The van der Waals surface area contributed by atoms with Crippen LogP contribution in [0, 0.1) is 5.82 Å². The third-order valence-corrected chi connectivity index (χ3v) is 5.13. The van der Waals surface area contributed by atoms with E-state index in [-0.39, 0.29) is 5.91 Å². The van der Waals surface area contributed by atoms with E-state index >= 15 is 0 Å². The molecule has 0 N–H and O–H groups in total. The summed E-state index contributed by atoms with van der Waals surface area (Å²) in [7, 11) is 0. The largest absolute Gasteiger partial charge is 0.339 e. The highest BCUT2D eigenvalue weighted by Gasteiger charge is 2.26. The van der Waals surface area contributed by atoms with Crippen molar-refractivity contribution in [3.8, 4) is 0 Å². The number of amides is 1. The van der Waals surface area contributed by atoms with E-state index in [1.807, 2.05) is 15.8 Å². The summed E-state index contributed by atoms with van der Waals surface area (Å²) >= 11 is 0. The Kier molecular flexibility index (Phi) is 4.41. The molecule has 0 bridgehead atoms. The molecule has 0 saturated carbocycles. The van der Waals surface area contributed by atoms with Crippen LogP contribution in [0.2, 0.25) is 0 Å². The number of benzene rings is 1. The van der Waals surface area contributed by atoms with Gasteiger partial charge in [0.25, 0.3) is 5.91 Å². The lowest BCUT2D eigenvalue weighted by Crippen LogP contribution is -2.38. The number of nitrogens with zero attached hydrogens (tertiary/aromatic N) is 4. The molecule has 3 heterocycles. The molecule has 5 nitrogen and oxygen atoms in total. The van der Waals surface area contributed by atoms with Gasteiger partial charge in [0.15, 0.2) is 0 Å². The zero-order valence-corrected chi connectivity index (χ0v) is 14.7. The number of aryl methyl sites for hydroxylation is 1. The number of hydrogen-bond acceptors (Lipinski definition) is 3. The lowest BCUT2D eigenvalue weighted by Gasteiger charge is -2.31. The summed E-state index contributed by atoms with van der Waals surface area (Å²) in [5.41, 5.74) is 2.14. The molecule has 4 rings (SSSR count). The van der Waals surface area contributed by atoms with Gasteiger partial charge < -0.3 is 4.90 Å². The van der Waals surface area contributed by atoms with Gasteiger partial charge in [0.2, 0.25) is 0 Å². The number of halogens is 1. The minimum atomic E-state index is -0.407. The highest BCUT2D eigenvalue weighted by atomic mass is 19.1. The number of fused-ring (bicyclic) bond motifs is 1. The van der Waals surface area contributed by atoms with Gasteiger partial charge in [-0.3, -0.25) is 14.5 Å². The first-order chi connectivity index (χ1) is 12.7. The molecule has 0 atom stereocenters. The van der Waals surface area contributed by atoms with Crippen molar-refractivity contribution in [3.05, 3.63) is 59.8 Å². The number of piperidine rings is 1. The van der Waals surface area contributed by atoms with E-state index in [1.54, 1.807) is 18.3 Å². The van der Waals surface area contributed by atoms with Gasteiger partial charge in [0.05, 0.1) is 17.3 Å². The van der Waals surface area contributed by atoms with Gasteiger partial charge in [0.1, 0.15) is 5.82 Å². The molecule has 1 aliphatic rings. The maximum atomic E-state index is 13.9. The van der Waals surface area contributed by atoms with Crippen molar-refractivity contribution in [2.75, 3.05) is 13.1 Å². The Morgan fingerprint density at radius 1 is 1.31 bits per heavy atom. The number of hydrogen-bond donors (Lipinski definition) is 0. The monoisotopic (exact) mass is 352 g/mol. The molecule has 0 spiro atoms. The van der Waals surface area contributed by atoms with E-state index in [2.05, 4.69) is 23.2 Å². The van der Waals surface area contributed by atoms with E-state index in [1.165, 1.54) is 17.7 Å². The molecular formula is C20H21FN4O. The maximum absolute atomic E-state index is 13.9. The summed E-state index contributed by atoms with van der Waals surface area (Å²) in [6, 6.07) is 6.24. The fourth-order valence-corrected chi connectivity index (χ4v) is 3.67. The number of carbonyl (C=O) groups is 1. The first kappa shape index (κ1) is 16.7. The average Bonchev–Trinajstić information content (AvgIpc) is 3.16. The number of likely N-dealkylation sites (tertiary alicyclic amines) is 1. The standard InChI is InChI=1S/C20H21FN4O/c1-2-25-13-16(12-23-25)14-5-8-24(9-6-14)20(26)18-11-17(21)10-15-4-3-7-22-19(15)18/h3-4,7,10-14H,2,5-6,8-9H2,1H3. The topological polar surface area (TPSA) is 51.0 Å². The van der Waals surface area contributed by atoms with Crippen molar-refractivity contribution in [2.24, 2.45) is 0 Å². The second kappa shape index (κ2) is 6.86. The van der Waals surface area contributed by atoms with E-state index < -0.39 is 5.82 Å². The summed E-state index contributed by atoms with van der Waals surface area (Å²) in [5.74, 6) is -0.131. The molecule has 1 aliphatic heterocycles.